The Morgan fingerprint density at radius 1 is 0.968 bits per heavy atom. The number of esters is 1. The zero-order valence-corrected chi connectivity index (χ0v) is 16.8. The standard InChI is InChI=1S/C23H21N3O5/c1-15(27)17-11-20(24-13-17)23(30)31-14-21(28)26-19-10-6-5-9-18(19)22(29)25-12-16-7-3-2-4-8-16/h2-11,13,24H,12,14H2,1H3,(H,25,29)(H,26,28). The SMILES string of the molecule is CC(=O)c1c[nH]c(C(=O)OCC(=O)Nc2ccccc2C(=O)NCc2ccccc2)c1. The van der Waals surface area contributed by atoms with Gasteiger partial charge in [-0.25, -0.2) is 4.79 Å². The molecule has 0 saturated carbocycles. The normalized spacial score (nSPS) is 10.2. The van der Waals surface area contributed by atoms with Gasteiger partial charge in [0.25, 0.3) is 11.8 Å². The number of ether oxygens (including phenoxy) is 1. The maximum atomic E-state index is 12.5. The second-order valence-electron chi connectivity index (χ2n) is 6.70. The van der Waals surface area contributed by atoms with E-state index in [9.17, 15) is 19.2 Å². The molecule has 3 aromatic rings. The van der Waals surface area contributed by atoms with E-state index in [-0.39, 0.29) is 22.9 Å². The Labute approximate surface area is 178 Å². The number of anilines is 1. The van der Waals surface area contributed by atoms with Gasteiger partial charge in [0.05, 0.1) is 11.3 Å². The molecule has 158 valence electrons. The number of amides is 2. The van der Waals surface area contributed by atoms with E-state index in [0.717, 1.165) is 5.56 Å². The summed E-state index contributed by atoms with van der Waals surface area (Å²) >= 11 is 0. The summed E-state index contributed by atoms with van der Waals surface area (Å²) in [6.45, 7) is 1.17. The quantitative estimate of drug-likeness (QED) is 0.383. The first kappa shape index (κ1) is 21.5. The zero-order valence-electron chi connectivity index (χ0n) is 16.8. The van der Waals surface area contributed by atoms with Gasteiger partial charge >= 0.3 is 5.97 Å². The Morgan fingerprint density at radius 3 is 2.39 bits per heavy atom. The number of hydrogen-bond acceptors (Lipinski definition) is 5. The first-order chi connectivity index (χ1) is 14.9. The molecular weight excluding hydrogens is 398 g/mol. The monoisotopic (exact) mass is 419 g/mol. The van der Waals surface area contributed by atoms with Crippen LogP contribution in [-0.2, 0) is 16.1 Å². The van der Waals surface area contributed by atoms with Crippen LogP contribution in [0.25, 0.3) is 0 Å². The first-order valence-corrected chi connectivity index (χ1v) is 9.51. The van der Waals surface area contributed by atoms with Gasteiger partial charge in [-0.05, 0) is 30.7 Å². The third-order valence-corrected chi connectivity index (χ3v) is 4.39. The summed E-state index contributed by atoms with van der Waals surface area (Å²) in [5.74, 6) is -1.92. The molecule has 1 heterocycles. The molecule has 3 N–H and O–H groups in total. The van der Waals surface area contributed by atoms with Crippen molar-refractivity contribution in [2.45, 2.75) is 13.5 Å². The van der Waals surface area contributed by atoms with E-state index < -0.39 is 18.5 Å². The zero-order chi connectivity index (χ0) is 22.2. The summed E-state index contributed by atoms with van der Waals surface area (Å²) in [6, 6.07) is 17.3. The molecule has 8 nitrogen and oxygen atoms in total. The van der Waals surface area contributed by atoms with Crippen LogP contribution in [0.3, 0.4) is 0 Å². The first-order valence-electron chi connectivity index (χ1n) is 9.51. The number of ketones is 1. The fraction of sp³-hybridized carbons (Fsp3) is 0.130. The van der Waals surface area contributed by atoms with Gasteiger partial charge in [-0.3, -0.25) is 14.4 Å². The van der Waals surface area contributed by atoms with Crippen LogP contribution in [0, 0.1) is 0 Å². The van der Waals surface area contributed by atoms with Crippen LogP contribution < -0.4 is 10.6 Å². The van der Waals surface area contributed by atoms with E-state index in [1.165, 1.54) is 19.2 Å². The average molecular weight is 419 g/mol. The van der Waals surface area contributed by atoms with Gasteiger partial charge < -0.3 is 20.4 Å². The topological polar surface area (TPSA) is 117 Å². The highest BCUT2D eigenvalue weighted by Crippen LogP contribution is 2.15. The van der Waals surface area contributed by atoms with E-state index >= 15 is 0 Å². The number of nitrogens with one attached hydrogen (secondary N) is 3. The summed E-state index contributed by atoms with van der Waals surface area (Å²) in [5, 5.41) is 5.38. The van der Waals surface area contributed by atoms with E-state index in [2.05, 4.69) is 15.6 Å². The number of rotatable bonds is 8. The fourth-order valence-corrected chi connectivity index (χ4v) is 2.77. The van der Waals surface area contributed by atoms with Crippen LogP contribution in [0.4, 0.5) is 5.69 Å². The highest BCUT2D eigenvalue weighted by molar-refractivity contribution is 6.04. The second kappa shape index (κ2) is 10.0. The van der Waals surface area contributed by atoms with Gasteiger partial charge in [0.2, 0.25) is 0 Å². The number of benzene rings is 2. The number of Topliss-reactive ketones (excluding diaryl/α,β-unsaturated/α-hetero) is 1. The lowest BCUT2D eigenvalue weighted by molar-refractivity contribution is -0.119. The highest BCUT2D eigenvalue weighted by Gasteiger charge is 2.16. The third kappa shape index (κ3) is 5.89. The van der Waals surface area contributed by atoms with Gasteiger partial charge in [-0.15, -0.1) is 0 Å². The third-order valence-electron chi connectivity index (χ3n) is 4.39. The number of aromatic amines is 1. The molecule has 0 atom stereocenters. The predicted molar refractivity (Wildman–Crippen MR) is 114 cm³/mol. The average Bonchev–Trinajstić information content (AvgIpc) is 3.28. The minimum Gasteiger partial charge on any atom is -0.451 e. The Morgan fingerprint density at radius 2 is 1.68 bits per heavy atom. The molecule has 0 aliphatic heterocycles. The van der Waals surface area contributed by atoms with Crippen molar-refractivity contribution in [3.63, 3.8) is 0 Å². The van der Waals surface area contributed by atoms with Crippen LogP contribution in [0.2, 0.25) is 0 Å². The molecule has 0 fully saturated rings. The fourth-order valence-electron chi connectivity index (χ4n) is 2.77. The molecule has 31 heavy (non-hydrogen) atoms. The Bertz CT molecular complexity index is 1110. The smallest absolute Gasteiger partial charge is 0.355 e. The Hall–Kier alpha value is -4.20. The van der Waals surface area contributed by atoms with Crippen LogP contribution in [0.15, 0.2) is 66.9 Å². The largest absolute Gasteiger partial charge is 0.451 e. The molecule has 0 aliphatic carbocycles. The number of aromatic nitrogens is 1. The molecule has 3 rings (SSSR count). The lowest BCUT2D eigenvalue weighted by atomic mass is 10.1. The van der Waals surface area contributed by atoms with Gasteiger partial charge in [0.15, 0.2) is 12.4 Å². The van der Waals surface area contributed by atoms with Crippen molar-refractivity contribution in [3.8, 4) is 0 Å². The molecule has 8 heteroatoms. The van der Waals surface area contributed by atoms with Crippen molar-refractivity contribution in [3.05, 3.63) is 89.2 Å². The van der Waals surface area contributed by atoms with Crippen molar-refractivity contribution in [2.24, 2.45) is 0 Å². The molecule has 0 bridgehead atoms. The lowest BCUT2D eigenvalue weighted by Gasteiger charge is -2.11. The van der Waals surface area contributed by atoms with Crippen molar-refractivity contribution >= 4 is 29.3 Å². The number of H-pyrrole nitrogens is 1. The number of carbonyl (C=O) groups is 4. The van der Waals surface area contributed by atoms with Gasteiger partial charge in [-0.1, -0.05) is 42.5 Å². The number of para-hydroxylation sites is 1. The summed E-state index contributed by atoms with van der Waals surface area (Å²) in [6.07, 6.45) is 1.39. The molecular formula is C23H21N3O5. The molecule has 0 saturated heterocycles. The van der Waals surface area contributed by atoms with E-state index in [1.54, 1.807) is 24.3 Å². The van der Waals surface area contributed by atoms with Crippen LogP contribution in [0.1, 0.15) is 43.7 Å². The second-order valence-corrected chi connectivity index (χ2v) is 6.70. The van der Waals surface area contributed by atoms with Crippen molar-refractivity contribution in [2.75, 3.05) is 11.9 Å². The van der Waals surface area contributed by atoms with Gasteiger partial charge in [0, 0.05) is 18.3 Å². The van der Waals surface area contributed by atoms with Crippen molar-refractivity contribution < 1.29 is 23.9 Å². The Kier molecular flexibility index (Phi) is 6.95. The van der Waals surface area contributed by atoms with E-state index in [0.29, 0.717) is 17.8 Å². The maximum Gasteiger partial charge on any atom is 0.355 e. The summed E-state index contributed by atoms with van der Waals surface area (Å²) in [4.78, 5) is 50.7. The van der Waals surface area contributed by atoms with Crippen LogP contribution in [0.5, 0.6) is 0 Å². The predicted octanol–water partition coefficient (Wildman–Crippen LogP) is 2.94. The molecule has 0 spiro atoms. The molecule has 0 aliphatic rings. The number of hydrogen-bond donors (Lipinski definition) is 3. The van der Waals surface area contributed by atoms with Gasteiger partial charge in [-0.2, -0.15) is 0 Å². The maximum absolute atomic E-state index is 12.5. The molecule has 2 aromatic carbocycles. The summed E-state index contributed by atoms with van der Waals surface area (Å²) in [5.41, 5.74) is 1.94. The number of carbonyl (C=O) groups excluding carboxylic acids is 4. The highest BCUT2D eigenvalue weighted by atomic mass is 16.5. The van der Waals surface area contributed by atoms with Crippen LogP contribution >= 0.6 is 0 Å². The Balaban J connectivity index is 1.56. The molecule has 2 amide bonds. The summed E-state index contributed by atoms with van der Waals surface area (Å²) in [7, 11) is 0. The summed E-state index contributed by atoms with van der Waals surface area (Å²) < 4.78 is 4.97. The molecule has 1 aromatic heterocycles. The van der Waals surface area contributed by atoms with E-state index in [1.807, 2.05) is 30.3 Å². The molecule has 0 unspecified atom stereocenters. The van der Waals surface area contributed by atoms with Crippen molar-refractivity contribution in [1.82, 2.24) is 10.3 Å². The van der Waals surface area contributed by atoms with Crippen LogP contribution in [-0.4, -0.2) is 35.2 Å². The minimum atomic E-state index is -0.767. The molecule has 0 radical (unpaired) electrons. The van der Waals surface area contributed by atoms with Gasteiger partial charge in [0.1, 0.15) is 5.69 Å². The minimum absolute atomic E-state index is 0.0682. The van der Waals surface area contributed by atoms with Crippen molar-refractivity contribution in [1.29, 1.82) is 0 Å². The van der Waals surface area contributed by atoms with E-state index in [4.69, 9.17) is 4.74 Å². The lowest BCUT2D eigenvalue weighted by Crippen LogP contribution is -2.26.